The van der Waals surface area contributed by atoms with Crippen LogP contribution < -0.4 is 4.90 Å². The minimum Gasteiger partial charge on any atom is -0.465 e. The van der Waals surface area contributed by atoms with E-state index < -0.39 is 0 Å². The lowest BCUT2D eigenvalue weighted by Gasteiger charge is -2.38. The summed E-state index contributed by atoms with van der Waals surface area (Å²) in [5, 5.41) is 0. The molecule has 0 spiro atoms. The van der Waals surface area contributed by atoms with Gasteiger partial charge >= 0.3 is 5.97 Å². The summed E-state index contributed by atoms with van der Waals surface area (Å²) in [6, 6.07) is 1.71. The number of anilines is 1. The van der Waals surface area contributed by atoms with Crippen molar-refractivity contribution in [3.63, 3.8) is 0 Å². The van der Waals surface area contributed by atoms with Crippen molar-refractivity contribution in [2.45, 2.75) is 39.2 Å². The lowest BCUT2D eigenvalue weighted by molar-refractivity contribution is -0.150. The zero-order valence-corrected chi connectivity index (χ0v) is 13.6. The fourth-order valence-corrected chi connectivity index (χ4v) is 2.77. The Hall–Kier alpha value is -1.69. The second-order valence-electron chi connectivity index (χ2n) is 5.48. The van der Waals surface area contributed by atoms with Gasteiger partial charge < -0.3 is 9.64 Å². The topological polar surface area (TPSA) is 58.6 Å². The predicted molar refractivity (Wildman–Crippen MR) is 85.8 cm³/mol. The van der Waals surface area contributed by atoms with Gasteiger partial charge in [0, 0.05) is 38.6 Å². The number of ether oxygens (including phenoxy) is 1. The molecule has 1 aliphatic heterocycles. The van der Waals surface area contributed by atoms with Gasteiger partial charge in [0.15, 0.2) is 0 Å². The highest BCUT2D eigenvalue weighted by molar-refractivity contribution is 5.75. The molecule has 2 rings (SSSR count). The van der Waals surface area contributed by atoms with Crippen LogP contribution in [-0.2, 0) is 9.53 Å². The van der Waals surface area contributed by atoms with Crippen molar-refractivity contribution >= 4 is 11.9 Å². The number of unbranched alkanes of at least 4 members (excludes halogenated alkanes) is 1. The number of nitrogens with zero attached hydrogens (tertiary/aromatic N) is 4. The molecule has 1 atom stereocenters. The van der Waals surface area contributed by atoms with Gasteiger partial charge in [-0.2, -0.15) is 0 Å². The first kappa shape index (κ1) is 16.7. The van der Waals surface area contributed by atoms with Crippen molar-refractivity contribution in [2.75, 3.05) is 37.7 Å². The largest absolute Gasteiger partial charge is 0.465 e. The summed E-state index contributed by atoms with van der Waals surface area (Å²) in [6.45, 7) is 7.81. The summed E-state index contributed by atoms with van der Waals surface area (Å²) < 4.78 is 5.25. The third-order valence-electron chi connectivity index (χ3n) is 3.98. The summed E-state index contributed by atoms with van der Waals surface area (Å²) in [6.07, 6.45) is 6.53. The van der Waals surface area contributed by atoms with Gasteiger partial charge in [-0.3, -0.25) is 9.69 Å². The molecule has 22 heavy (non-hydrogen) atoms. The maximum Gasteiger partial charge on any atom is 0.323 e. The molecule has 6 heteroatoms. The second kappa shape index (κ2) is 8.68. The molecule has 0 amide bonds. The summed E-state index contributed by atoms with van der Waals surface area (Å²) in [5.41, 5.74) is 0. The molecule has 1 fully saturated rings. The van der Waals surface area contributed by atoms with E-state index in [1.165, 1.54) is 0 Å². The van der Waals surface area contributed by atoms with E-state index in [9.17, 15) is 4.79 Å². The monoisotopic (exact) mass is 306 g/mol. The van der Waals surface area contributed by atoms with Crippen molar-refractivity contribution < 1.29 is 9.53 Å². The third kappa shape index (κ3) is 4.40. The normalized spacial score (nSPS) is 17.3. The quantitative estimate of drug-likeness (QED) is 0.715. The standard InChI is InChI=1S/C16H26N4O2/c1-3-5-7-14(15(21)22-4-2)19-10-12-20(13-11-19)16-17-8-6-9-18-16/h6,8-9,14H,3-5,7,10-13H2,1-2H3. The van der Waals surface area contributed by atoms with Gasteiger partial charge in [-0.05, 0) is 19.4 Å². The van der Waals surface area contributed by atoms with Gasteiger partial charge in [0.25, 0.3) is 0 Å². The minimum atomic E-state index is -0.112. The molecule has 0 aromatic carbocycles. The first-order valence-corrected chi connectivity index (χ1v) is 8.19. The van der Waals surface area contributed by atoms with Gasteiger partial charge in [-0.15, -0.1) is 0 Å². The van der Waals surface area contributed by atoms with E-state index in [-0.39, 0.29) is 12.0 Å². The predicted octanol–water partition coefficient (Wildman–Crippen LogP) is 1.72. The number of hydrogen-bond acceptors (Lipinski definition) is 6. The molecule has 1 saturated heterocycles. The fourth-order valence-electron chi connectivity index (χ4n) is 2.77. The van der Waals surface area contributed by atoms with Crippen molar-refractivity contribution in [1.29, 1.82) is 0 Å². The molecule has 1 unspecified atom stereocenters. The van der Waals surface area contributed by atoms with E-state index >= 15 is 0 Å². The van der Waals surface area contributed by atoms with Crippen molar-refractivity contribution in [1.82, 2.24) is 14.9 Å². The number of carbonyl (C=O) groups is 1. The lowest BCUT2D eigenvalue weighted by Crippen LogP contribution is -2.53. The van der Waals surface area contributed by atoms with Gasteiger partial charge in [0.05, 0.1) is 6.61 Å². The van der Waals surface area contributed by atoms with Crippen LogP contribution in [0.4, 0.5) is 5.95 Å². The van der Waals surface area contributed by atoms with Crippen LogP contribution in [0.2, 0.25) is 0 Å². The number of carbonyl (C=O) groups excluding carboxylic acids is 1. The smallest absolute Gasteiger partial charge is 0.323 e. The maximum atomic E-state index is 12.2. The van der Waals surface area contributed by atoms with Crippen LogP contribution >= 0.6 is 0 Å². The molecule has 0 N–H and O–H groups in total. The maximum absolute atomic E-state index is 12.2. The van der Waals surface area contributed by atoms with E-state index in [2.05, 4.69) is 26.7 Å². The van der Waals surface area contributed by atoms with Gasteiger partial charge in [0.2, 0.25) is 5.95 Å². The highest BCUT2D eigenvalue weighted by atomic mass is 16.5. The Morgan fingerprint density at radius 2 is 1.91 bits per heavy atom. The van der Waals surface area contributed by atoms with E-state index in [1.54, 1.807) is 12.4 Å². The molecule has 0 radical (unpaired) electrons. The average molecular weight is 306 g/mol. The van der Waals surface area contributed by atoms with Crippen LogP contribution in [0.5, 0.6) is 0 Å². The molecule has 6 nitrogen and oxygen atoms in total. The first-order valence-electron chi connectivity index (χ1n) is 8.19. The van der Waals surface area contributed by atoms with Crippen LogP contribution in [0.1, 0.15) is 33.1 Å². The lowest BCUT2D eigenvalue weighted by atomic mass is 10.1. The zero-order valence-electron chi connectivity index (χ0n) is 13.6. The number of hydrogen-bond donors (Lipinski definition) is 0. The number of rotatable bonds is 7. The summed E-state index contributed by atoms with van der Waals surface area (Å²) in [7, 11) is 0. The molecular formula is C16H26N4O2. The Labute approximate surface area is 132 Å². The molecule has 0 saturated carbocycles. The average Bonchev–Trinajstić information content (AvgIpc) is 2.57. The van der Waals surface area contributed by atoms with E-state index in [1.807, 2.05) is 13.0 Å². The minimum absolute atomic E-state index is 0.0830. The number of aromatic nitrogens is 2. The van der Waals surface area contributed by atoms with Crippen molar-refractivity contribution in [3.05, 3.63) is 18.5 Å². The molecule has 1 aromatic heterocycles. The summed E-state index contributed by atoms with van der Waals surface area (Å²) in [4.78, 5) is 25.2. The Kier molecular flexibility index (Phi) is 6.58. The molecule has 2 heterocycles. The number of piperazine rings is 1. The summed E-state index contributed by atoms with van der Waals surface area (Å²) in [5.74, 6) is 0.684. The van der Waals surface area contributed by atoms with E-state index in [0.717, 1.165) is 51.4 Å². The first-order chi connectivity index (χ1) is 10.8. The van der Waals surface area contributed by atoms with Crippen LogP contribution in [0.25, 0.3) is 0 Å². The van der Waals surface area contributed by atoms with Crippen molar-refractivity contribution in [2.24, 2.45) is 0 Å². The van der Waals surface area contributed by atoms with Crippen molar-refractivity contribution in [3.8, 4) is 0 Å². The Balaban J connectivity index is 1.93. The molecule has 0 aliphatic carbocycles. The van der Waals surface area contributed by atoms with Crippen LogP contribution in [0, 0.1) is 0 Å². The Morgan fingerprint density at radius 3 is 2.50 bits per heavy atom. The Morgan fingerprint density at radius 1 is 1.23 bits per heavy atom. The second-order valence-corrected chi connectivity index (χ2v) is 5.48. The fraction of sp³-hybridized carbons (Fsp3) is 0.688. The van der Waals surface area contributed by atoms with Gasteiger partial charge in [-0.1, -0.05) is 19.8 Å². The highest BCUT2D eigenvalue weighted by Crippen LogP contribution is 2.16. The summed E-state index contributed by atoms with van der Waals surface area (Å²) >= 11 is 0. The zero-order chi connectivity index (χ0) is 15.8. The molecule has 122 valence electrons. The molecule has 1 aliphatic rings. The number of esters is 1. The SMILES string of the molecule is CCCCC(C(=O)OCC)N1CCN(c2ncccn2)CC1. The molecule has 0 bridgehead atoms. The molecule has 1 aromatic rings. The Bertz CT molecular complexity index is 447. The highest BCUT2D eigenvalue weighted by Gasteiger charge is 2.30. The van der Waals surface area contributed by atoms with Crippen LogP contribution in [0.3, 0.4) is 0 Å². The molecular weight excluding hydrogens is 280 g/mol. The van der Waals surface area contributed by atoms with E-state index in [4.69, 9.17) is 4.74 Å². The third-order valence-corrected chi connectivity index (χ3v) is 3.98. The van der Waals surface area contributed by atoms with Crippen LogP contribution in [-0.4, -0.2) is 59.7 Å². The van der Waals surface area contributed by atoms with Crippen LogP contribution in [0.15, 0.2) is 18.5 Å². The van der Waals surface area contributed by atoms with Gasteiger partial charge in [-0.25, -0.2) is 9.97 Å². The van der Waals surface area contributed by atoms with Gasteiger partial charge in [0.1, 0.15) is 6.04 Å². The van der Waals surface area contributed by atoms with E-state index in [0.29, 0.717) is 6.61 Å².